The van der Waals surface area contributed by atoms with Crippen molar-refractivity contribution in [2.24, 2.45) is 0 Å². The quantitative estimate of drug-likeness (QED) is 0.619. The first-order chi connectivity index (χ1) is 7.72. The van der Waals surface area contributed by atoms with Crippen LogP contribution in [0.25, 0.3) is 0 Å². The minimum absolute atomic E-state index is 0.0662. The van der Waals surface area contributed by atoms with Crippen molar-refractivity contribution in [3.05, 3.63) is 18.0 Å². The van der Waals surface area contributed by atoms with Crippen molar-refractivity contribution < 1.29 is 4.79 Å². The van der Waals surface area contributed by atoms with E-state index >= 15 is 0 Å². The van der Waals surface area contributed by atoms with Crippen molar-refractivity contribution in [2.75, 3.05) is 5.32 Å². The number of unbranched alkanes of at least 4 members (excludes halogenated alkanes) is 1. The standard InChI is InChI=1S/C12H15N3O/c1-3-4-5-6-7-11(16)15-12-13-9-8-10(2)14-12/h8-9H,5-7H2,1-2H3,(H,13,14,15,16). The van der Waals surface area contributed by atoms with Crippen LogP contribution in [0.3, 0.4) is 0 Å². The summed E-state index contributed by atoms with van der Waals surface area (Å²) in [5.74, 6) is 6.01. The van der Waals surface area contributed by atoms with Crippen molar-refractivity contribution in [2.45, 2.75) is 33.1 Å². The van der Waals surface area contributed by atoms with Gasteiger partial charge in [0.05, 0.1) is 0 Å². The Morgan fingerprint density at radius 1 is 1.56 bits per heavy atom. The second kappa shape index (κ2) is 6.57. The van der Waals surface area contributed by atoms with Crippen LogP contribution in [0.1, 0.15) is 31.9 Å². The predicted octanol–water partition coefficient (Wildman–Crippen LogP) is 1.92. The van der Waals surface area contributed by atoms with E-state index in [1.165, 1.54) is 0 Å². The zero-order valence-electron chi connectivity index (χ0n) is 9.58. The van der Waals surface area contributed by atoms with E-state index in [2.05, 4.69) is 27.1 Å². The lowest BCUT2D eigenvalue weighted by molar-refractivity contribution is -0.116. The summed E-state index contributed by atoms with van der Waals surface area (Å²) in [4.78, 5) is 19.5. The van der Waals surface area contributed by atoms with E-state index in [0.717, 1.165) is 18.5 Å². The van der Waals surface area contributed by atoms with Crippen molar-refractivity contribution in [1.82, 2.24) is 9.97 Å². The number of carbonyl (C=O) groups excluding carboxylic acids is 1. The van der Waals surface area contributed by atoms with Crippen LogP contribution in [-0.4, -0.2) is 15.9 Å². The van der Waals surface area contributed by atoms with Gasteiger partial charge in [-0.1, -0.05) is 0 Å². The molecule has 0 aliphatic heterocycles. The fourth-order valence-corrected chi connectivity index (χ4v) is 1.16. The SMILES string of the molecule is CC#CCCCC(=O)Nc1nccc(C)n1. The van der Waals surface area contributed by atoms with E-state index in [0.29, 0.717) is 12.4 Å². The molecule has 0 spiro atoms. The van der Waals surface area contributed by atoms with Gasteiger partial charge in [-0.15, -0.1) is 11.8 Å². The first-order valence-corrected chi connectivity index (χ1v) is 5.21. The molecule has 0 unspecified atom stereocenters. The first kappa shape index (κ1) is 12.2. The topological polar surface area (TPSA) is 54.9 Å². The van der Waals surface area contributed by atoms with E-state index < -0.39 is 0 Å². The fourth-order valence-electron chi connectivity index (χ4n) is 1.16. The van der Waals surface area contributed by atoms with E-state index in [4.69, 9.17) is 0 Å². The normalized spacial score (nSPS) is 9.12. The van der Waals surface area contributed by atoms with Gasteiger partial charge in [0.25, 0.3) is 0 Å². The highest BCUT2D eigenvalue weighted by Crippen LogP contribution is 2.01. The van der Waals surface area contributed by atoms with Crippen molar-refractivity contribution in [3.63, 3.8) is 0 Å². The molecular weight excluding hydrogens is 202 g/mol. The maximum absolute atomic E-state index is 11.4. The molecule has 1 rings (SSSR count). The second-order valence-corrected chi connectivity index (χ2v) is 3.35. The van der Waals surface area contributed by atoms with Gasteiger partial charge in [0.15, 0.2) is 0 Å². The summed E-state index contributed by atoms with van der Waals surface area (Å²) < 4.78 is 0. The van der Waals surface area contributed by atoms with Gasteiger partial charge >= 0.3 is 0 Å². The number of hydrogen-bond donors (Lipinski definition) is 1. The minimum Gasteiger partial charge on any atom is -0.295 e. The van der Waals surface area contributed by atoms with Crippen LogP contribution in [0.2, 0.25) is 0 Å². The molecule has 0 bridgehead atoms. The van der Waals surface area contributed by atoms with Crippen LogP contribution in [0, 0.1) is 18.8 Å². The Morgan fingerprint density at radius 3 is 3.06 bits per heavy atom. The first-order valence-electron chi connectivity index (χ1n) is 5.21. The molecule has 4 nitrogen and oxygen atoms in total. The molecule has 0 saturated heterocycles. The molecule has 0 aliphatic rings. The minimum atomic E-state index is -0.0662. The van der Waals surface area contributed by atoms with Gasteiger partial charge in [-0.25, -0.2) is 9.97 Å². The summed E-state index contributed by atoms with van der Waals surface area (Å²) in [7, 11) is 0. The van der Waals surface area contributed by atoms with Crippen LogP contribution in [0.15, 0.2) is 12.3 Å². The van der Waals surface area contributed by atoms with Crippen LogP contribution in [0.4, 0.5) is 5.95 Å². The molecule has 0 fully saturated rings. The number of aryl methyl sites for hydroxylation is 1. The number of nitrogens with one attached hydrogen (secondary N) is 1. The Kier molecular flexibility index (Phi) is 5.00. The maximum Gasteiger partial charge on any atom is 0.229 e. The van der Waals surface area contributed by atoms with E-state index in [1.54, 1.807) is 19.2 Å². The highest BCUT2D eigenvalue weighted by Gasteiger charge is 2.03. The monoisotopic (exact) mass is 217 g/mol. The van der Waals surface area contributed by atoms with Gasteiger partial charge in [0, 0.05) is 24.7 Å². The molecule has 4 heteroatoms. The Balaban J connectivity index is 2.36. The molecule has 0 aromatic carbocycles. The second-order valence-electron chi connectivity index (χ2n) is 3.35. The molecule has 1 aromatic heterocycles. The third-order valence-electron chi connectivity index (χ3n) is 1.93. The van der Waals surface area contributed by atoms with E-state index in [9.17, 15) is 4.79 Å². The number of hydrogen-bond acceptors (Lipinski definition) is 3. The number of aromatic nitrogens is 2. The lowest BCUT2D eigenvalue weighted by Crippen LogP contribution is -2.13. The molecule has 1 amide bonds. The Bertz CT molecular complexity index is 418. The van der Waals surface area contributed by atoms with Gasteiger partial charge in [0.2, 0.25) is 11.9 Å². The summed E-state index contributed by atoms with van der Waals surface area (Å²) in [6.45, 7) is 3.65. The van der Waals surface area contributed by atoms with Gasteiger partial charge in [0.1, 0.15) is 0 Å². The third-order valence-corrected chi connectivity index (χ3v) is 1.93. The lowest BCUT2D eigenvalue weighted by Gasteiger charge is -2.02. The van der Waals surface area contributed by atoms with Crippen molar-refractivity contribution >= 4 is 11.9 Å². The number of carbonyl (C=O) groups is 1. The van der Waals surface area contributed by atoms with Gasteiger partial charge in [-0.3, -0.25) is 10.1 Å². The molecule has 0 aliphatic carbocycles. The fraction of sp³-hybridized carbons (Fsp3) is 0.417. The van der Waals surface area contributed by atoms with E-state index in [-0.39, 0.29) is 5.91 Å². The highest BCUT2D eigenvalue weighted by molar-refractivity contribution is 5.88. The molecule has 84 valence electrons. The maximum atomic E-state index is 11.4. The van der Waals surface area contributed by atoms with Crippen LogP contribution in [-0.2, 0) is 4.79 Å². The Labute approximate surface area is 95.5 Å². The molecule has 1 aromatic rings. The van der Waals surface area contributed by atoms with Crippen molar-refractivity contribution in [1.29, 1.82) is 0 Å². The van der Waals surface area contributed by atoms with Crippen LogP contribution < -0.4 is 5.32 Å². The number of nitrogens with zero attached hydrogens (tertiary/aromatic N) is 2. The summed E-state index contributed by atoms with van der Waals surface area (Å²) in [6, 6.07) is 1.78. The van der Waals surface area contributed by atoms with Gasteiger partial charge in [-0.2, -0.15) is 0 Å². The Hall–Kier alpha value is -1.89. The molecule has 16 heavy (non-hydrogen) atoms. The van der Waals surface area contributed by atoms with Gasteiger partial charge in [-0.05, 0) is 26.3 Å². The predicted molar refractivity (Wildman–Crippen MR) is 62.7 cm³/mol. The van der Waals surface area contributed by atoms with E-state index in [1.807, 2.05) is 6.92 Å². The zero-order valence-corrected chi connectivity index (χ0v) is 9.58. The van der Waals surface area contributed by atoms with Gasteiger partial charge < -0.3 is 0 Å². The smallest absolute Gasteiger partial charge is 0.229 e. The summed E-state index contributed by atoms with van der Waals surface area (Å²) in [6.07, 6.45) is 3.59. The summed E-state index contributed by atoms with van der Waals surface area (Å²) >= 11 is 0. The highest BCUT2D eigenvalue weighted by atomic mass is 16.1. The Morgan fingerprint density at radius 2 is 2.38 bits per heavy atom. The average molecular weight is 217 g/mol. The molecule has 0 radical (unpaired) electrons. The summed E-state index contributed by atoms with van der Waals surface area (Å²) in [5, 5.41) is 2.65. The van der Waals surface area contributed by atoms with Crippen molar-refractivity contribution in [3.8, 4) is 11.8 Å². The largest absolute Gasteiger partial charge is 0.295 e. The number of rotatable bonds is 4. The molecular formula is C12H15N3O. The third kappa shape index (κ3) is 4.56. The summed E-state index contributed by atoms with van der Waals surface area (Å²) in [5.41, 5.74) is 0.835. The lowest BCUT2D eigenvalue weighted by atomic mass is 10.2. The number of anilines is 1. The zero-order chi connectivity index (χ0) is 11.8. The average Bonchev–Trinajstić information content (AvgIpc) is 2.24. The molecule has 1 heterocycles. The molecule has 0 saturated carbocycles. The van der Waals surface area contributed by atoms with Crippen LogP contribution in [0.5, 0.6) is 0 Å². The molecule has 1 N–H and O–H groups in total. The molecule has 0 atom stereocenters. The van der Waals surface area contributed by atoms with Crippen LogP contribution >= 0.6 is 0 Å². The number of amides is 1.